The number of unbranched alkanes of at least 4 members (excludes halogenated alkanes) is 2. The molecule has 0 radical (unpaired) electrons. The van der Waals surface area contributed by atoms with Crippen molar-refractivity contribution in [1.82, 2.24) is 25.3 Å². The smallest absolute Gasteiger partial charge is 0.334 e. The maximum Gasteiger partial charge on any atom is 0.334 e. The summed E-state index contributed by atoms with van der Waals surface area (Å²) in [5.41, 5.74) is 2.52. The Balaban J connectivity index is 0.000000490. The Labute approximate surface area is 343 Å². The summed E-state index contributed by atoms with van der Waals surface area (Å²) in [5, 5.41) is 6.15. The number of fused-ring (bicyclic) bond motifs is 3. The molecule has 0 aromatic rings. The molecule has 1 saturated heterocycles. The molecule has 0 aromatic carbocycles. The first-order valence-corrected chi connectivity index (χ1v) is 20.5. The second-order valence-electron chi connectivity index (χ2n) is 17.1. The molecule has 14 nitrogen and oxygen atoms in total. The fourth-order valence-electron chi connectivity index (χ4n) is 5.90. The quantitative estimate of drug-likeness (QED) is 0.115. The number of hydrogen-bond acceptors (Lipinski definition) is 13. The second-order valence-corrected chi connectivity index (χ2v) is 17.1. The summed E-state index contributed by atoms with van der Waals surface area (Å²) in [7, 11) is 3.46. The van der Waals surface area contributed by atoms with Gasteiger partial charge in [0, 0.05) is 83.7 Å². The van der Waals surface area contributed by atoms with Gasteiger partial charge < -0.3 is 34.5 Å². The van der Waals surface area contributed by atoms with Crippen LogP contribution < -0.4 is 10.6 Å². The molecular weight excluding hydrogens is 730 g/mol. The third-order valence-corrected chi connectivity index (χ3v) is 9.28. The van der Waals surface area contributed by atoms with E-state index in [2.05, 4.69) is 55.8 Å². The Morgan fingerprint density at radius 3 is 2.00 bits per heavy atom. The van der Waals surface area contributed by atoms with Crippen molar-refractivity contribution in [2.24, 2.45) is 11.3 Å². The third-order valence-electron chi connectivity index (χ3n) is 9.28. The highest BCUT2D eigenvalue weighted by Crippen LogP contribution is 2.37. The van der Waals surface area contributed by atoms with E-state index in [0.29, 0.717) is 37.6 Å². The maximum atomic E-state index is 12.1. The second kappa shape index (κ2) is 27.2. The van der Waals surface area contributed by atoms with E-state index in [4.69, 9.17) is 14.2 Å². The van der Waals surface area contributed by atoms with Crippen molar-refractivity contribution in [2.45, 2.75) is 106 Å². The number of amides is 1. The van der Waals surface area contributed by atoms with Crippen molar-refractivity contribution >= 4 is 29.8 Å². The van der Waals surface area contributed by atoms with E-state index in [9.17, 15) is 24.0 Å². The zero-order valence-electron chi connectivity index (χ0n) is 36.9. The van der Waals surface area contributed by atoms with Gasteiger partial charge in [-0.05, 0) is 87.6 Å². The van der Waals surface area contributed by atoms with Crippen LogP contribution in [0.5, 0.6) is 0 Å². The average Bonchev–Trinajstić information content (AvgIpc) is 3.13. The average molecular weight is 806 g/mol. The van der Waals surface area contributed by atoms with Crippen LogP contribution in [-0.2, 0) is 42.9 Å². The molecule has 4 aliphatic rings. The molecule has 57 heavy (non-hydrogen) atoms. The topological polar surface area (TPSA) is 156 Å². The molecule has 2 N–H and O–H groups in total. The molecule has 2 bridgehead atoms. The molecule has 1 amide bonds. The fraction of sp³-hybridized carbons (Fsp3) is 0.744. The van der Waals surface area contributed by atoms with Crippen molar-refractivity contribution in [3.8, 4) is 0 Å². The van der Waals surface area contributed by atoms with Gasteiger partial charge in [0.25, 0.3) is 0 Å². The van der Waals surface area contributed by atoms with Crippen LogP contribution in [-0.4, -0.2) is 143 Å². The number of esters is 4. The molecule has 1 unspecified atom stereocenters. The number of allylic oxidation sites excluding steroid dienone is 3. The van der Waals surface area contributed by atoms with Crippen molar-refractivity contribution in [1.29, 1.82) is 0 Å². The molecule has 14 heteroatoms. The number of carbonyl (C=O) groups is 5. The van der Waals surface area contributed by atoms with Crippen LogP contribution in [0.3, 0.4) is 0 Å². The van der Waals surface area contributed by atoms with E-state index in [1.807, 2.05) is 41.5 Å². The van der Waals surface area contributed by atoms with Crippen LogP contribution in [0.4, 0.5) is 0 Å². The standard InChI is InChI=1S/C20H38N4O4.C17H25NO3.C6H12O2/c1-17(2)19(26)27-16-24-10-8-21-7-9-23(13-11-22(6)12-14-24)15-18(25)28-20(3,4)5;1-13(19)18-10-4-2-3-5-17(20)21-12-16-11-14-6-8-15(16)9-7-14;1-6(2,3)5(7)8-4/h21H,1,7-16H2,2-6H3;6,8,16H,2-5,7,9-12H2,1H3,(H,18,19);1-4H3. The van der Waals surface area contributed by atoms with Gasteiger partial charge in [-0.15, -0.1) is 0 Å². The number of carbonyl (C=O) groups excluding carboxylic acids is 5. The molecule has 1 aliphatic heterocycles. The van der Waals surface area contributed by atoms with Crippen LogP contribution in [0.15, 0.2) is 35.5 Å². The minimum atomic E-state index is -0.463. The lowest BCUT2D eigenvalue weighted by Gasteiger charge is -2.30. The van der Waals surface area contributed by atoms with Gasteiger partial charge in [0.1, 0.15) is 12.3 Å². The first kappa shape index (κ1) is 51.4. The largest absolute Gasteiger partial charge is 0.469 e. The van der Waals surface area contributed by atoms with Gasteiger partial charge in [-0.2, -0.15) is 0 Å². The Hall–Kier alpha value is -3.59. The van der Waals surface area contributed by atoms with Crippen molar-refractivity contribution in [3.63, 3.8) is 0 Å². The van der Waals surface area contributed by atoms with Crippen LogP contribution in [0.2, 0.25) is 0 Å². The number of likely N-dealkylation sites (N-methyl/N-ethyl adjacent to an activating group) is 1. The van der Waals surface area contributed by atoms with Gasteiger partial charge in [0.15, 0.2) is 0 Å². The van der Waals surface area contributed by atoms with Crippen LogP contribution in [0.1, 0.15) is 100 Å². The fourth-order valence-corrected chi connectivity index (χ4v) is 5.90. The first-order chi connectivity index (χ1) is 26.7. The van der Waals surface area contributed by atoms with E-state index in [0.717, 1.165) is 84.5 Å². The van der Waals surface area contributed by atoms with Gasteiger partial charge in [-0.25, -0.2) is 4.79 Å². The maximum absolute atomic E-state index is 12.1. The Kier molecular flexibility index (Phi) is 24.5. The molecule has 3 aliphatic carbocycles. The highest BCUT2D eigenvalue weighted by atomic mass is 16.6. The highest BCUT2D eigenvalue weighted by molar-refractivity contribution is 5.86. The van der Waals surface area contributed by atoms with E-state index < -0.39 is 5.60 Å². The molecule has 1 saturated carbocycles. The number of hydrogen-bond donors (Lipinski definition) is 2. The van der Waals surface area contributed by atoms with E-state index in [1.54, 1.807) is 6.92 Å². The Morgan fingerprint density at radius 1 is 0.842 bits per heavy atom. The SMILES string of the molecule is C=C(C)C(=O)OCN1CCNCCN(CC(=O)OC(C)(C)C)CCN(C)CC1.CC(=O)NCCCCCC(=O)OCC1CC2=CC=C1CC2.COC(=O)C(C)(C)C. The minimum Gasteiger partial charge on any atom is -0.469 e. The monoisotopic (exact) mass is 806 g/mol. The Bertz CT molecular complexity index is 1350. The number of nitrogens with one attached hydrogen (secondary N) is 2. The molecule has 0 spiro atoms. The van der Waals surface area contributed by atoms with E-state index in [-0.39, 0.29) is 41.9 Å². The first-order valence-electron chi connectivity index (χ1n) is 20.5. The van der Waals surface area contributed by atoms with Crippen LogP contribution >= 0.6 is 0 Å². The minimum absolute atomic E-state index is 0.000565. The van der Waals surface area contributed by atoms with Crippen LogP contribution in [0.25, 0.3) is 0 Å². The Morgan fingerprint density at radius 2 is 1.49 bits per heavy atom. The van der Waals surface area contributed by atoms with Gasteiger partial charge >= 0.3 is 23.9 Å². The summed E-state index contributed by atoms with van der Waals surface area (Å²) >= 11 is 0. The summed E-state index contributed by atoms with van der Waals surface area (Å²) < 4.78 is 20.6. The summed E-state index contributed by atoms with van der Waals surface area (Å²) in [6.45, 7) is 26.1. The van der Waals surface area contributed by atoms with E-state index in [1.165, 1.54) is 31.6 Å². The van der Waals surface area contributed by atoms with Gasteiger partial charge in [0.2, 0.25) is 5.91 Å². The van der Waals surface area contributed by atoms with Crippen molar-refractivity contribution < 1.29 is 42.9 Å². The molecule has 326 valence electrons. The number of methoxy groups -OCH3 is 1. The lowest BCUT2D eigenvalue weighted by atomic mass is 9.77. The summed E-state index contributed by atoms with van der Waals surface area (Å²) in [6.07, 6.45) is 11.0. The van der Waals surface area contributed by atoms with Gasteiger partial charge in [0.05, 0.1) is 25.7 Å². The summed E-state index contributed by atoms with van der Waals surface area (Å²) in [4.78, 5) is 63.2. The lowest BCUT2D eigenvalue weighted by molar-refractivity contribution is -0.156. The highest BCUT2D eigenvalue weighted by Gasteiger charge is 2.26. The number of ether oxygens (including phenoxy) is 4. The zero-order chi connectivity index (χ0) is 43.0. The number of nitrogens with zero attached hydrogens (tertiary/aromatic N) is 3. The molecule has 1 atom stereocenters. The molecule has 0 aromatic heterocycles. The molecule has 4 rings (SSSR count). The lowest BCUT2D eigenvalue weighted by Crippen LogP contribution is -2.46. The molecular formula is C43H75N5O9. The predicted molar refractivity (Wildman–Crippen MR) is 223 cm³/mol. The summed E-state index contributed by atoms with van der Waals surface area (Å²) in [5.74, 6) is -0.385. The normalized spacial score (nSPS) is 18.3. The van der Waals surface area contributed by atoms with Crippen molar-refractivity contribution in [2.75, 3.05) is 92.9 Å². The number of rotatable bonds is 13. The van der Waals surface area contributed by atoms with Crippen molar-refractivity contribution in [3.05, 3.63) is 35.5 Å². The van der Waals surface area contributed by atoms with Crippen LogP contribution in [0, 0.1) is 11.3 Å². The predicted octanol–water partition coefficient (Wildman–Crippen LogP) is 4.64. The van der Waals surface area contributed by atoms with E-state index >= 15 is 0 Å². The van der Waals surface area contributed by atoms with Gasteiger partial charge in [-0.3, -0.25) is 29.0 Å². The van der Waals surface area contributed by atoms with Gasteiger partial charge in [-0.1, -0.05) is 36.3 Å². The third kappa shape index (κ3) is 25.4. The molecule has 1 heterocycles. The summed E-state index contributed by atoms with van der Waals surface area (Å²) in [6, 6.07) is 0. The zero-order valence-corrected chi connectivity index (χ0v) is 36.9. The molecule has 2 fully saturated rings.